The summed E-state index contributed by atoms with van der Waals surface area (Å²) in [6, 6.07) is 5.05. The zero-order chi connectivity index (χ0) is 15.5. The van der Waals surface area contributed by atoms with Gasteiger partial charge in [0.25, 0.3) is 0 Å². The molecule has 0 amide bonds. The molecule has 118 valence electrons. The first-order valence-corrected chi connectivity index (χ1v) is 8.98. The molecule has 0 spiro atoms. The number of likely N-dealkylation sites (N-methyl/N-ethyl adjacent to an activating group) is 1. The Morgan fingerprint density at radius 2 is 2.19 bits per heavy atom. The number of hydrogen-bond acceptors (Lipinski definition) is 4. The Balaban J connectivity index is 2.07. The van der Waals surface area contributed by atoms with Gasteiger partial charge in [0.05, 0.1) is 5.02 Å². The van der Waals surface area contributed by atoms with Gasteiger partial charge >= 0.3 is 0 Å². The first-order chi connectivity index (χ1) is 9.94. The lowest BCUT2D eigenvalue weighted by molar-refractivity contribution is 0.187. The predicted octanol–water partition coefficient (Wildman–Crippen LogP) is 1.56. The fourth-order valence-electron chi connectivity index (χ4n) is 2.57. The van der Waals surface area contributed by atoms with Gasteiger partial charge in [0.2, 0.25) is 10.0 Å². The van der Waals surface area contributed by atoms with Crippen LogP contribution in [0, 0.1) is 0 Å². The molecule has 1 aromatic rings. The summed E-state index contributed by atoms with van der Waals surface area (Å²) in [6.07, 6.45) is 3.33. The van der Waals surface area contributed by atoms with Gasteiger partial charge in [-0.1, -0.05) is 24.1 Å². The molecule has 0 aromatic heterocycles. The van der Waals surface area contributed by atoms with Gasteiger partial charge in [0.15, 0.2) is 0 Å². The third kappa shape index (κ3) is 4.17. The van der Waals surface area contributed by atoms with Crippen LogP contribution in [-0.2, 0) is 16.6 Å². The molecule has 1 aromatic carbocycles. The van der Waals surface area contributed by atoms with E-state index in [1.807, 2.05) is 7.05 Å². The Bertz CT molecular complexity index is 592. The third-order valence-electron chi connectivity index (χ3n) is 3.95. The zero-order valence-electron chi connectivity index (χ0n) is 12.2. The summed E-state index contributed by atoms with van der Waals surface area (Å²) >= 11 is 6.06. The Morgan fingerprint density at radius 1 is 1.43 bits per heavy atom. The number of nitrogens with two attached hydrogens (primary N) is 1. The van der Waals surface area contributed by atoms with Crippen molar-refractivity contribution in [1.82, 2.24) is 9.62 Å². The summed E-state index contributed by atoms with van der Waals surface area (Å²) < 4.78 is 27.4. The van der Waals surface area contributed by atoms with Crippen LogP contribution in [-0.4, -0.2) is 39.5 Å². The number of halogens is 1. The molecule has 0 bridgehead atoms. The van der Waals surface area contributed by atoms with Gasteiger partial charge in [0.1, 0.15) is 4.90 Å². The first kappa shape index (κ1) is 16.7. The number of benzene rings is 1. The van der Waals surface area contributed by atoms with Gasteiger partial charge in [-0.05, 0) is 44.1 Å². The van der Waals surface area contributed by atoms with Crippen molar-refractivity contribution in [1.29, 1.82) is 0 Å². The molecule has 1 aliphatic heterocycles. The lowest BCUT2D eigenvalue weighted by Crippen LogP contribution is -2.44. The quantitative estimate of drug-likeness (QED) is 0.858. The minimum absolute atomic E-state index is 0.111. The van der Waals surface area contributed by atoms with Gasteiger partial charge in [-0.3, -0.25) is 0 Å². The predicted molar refractivity (Wildman–Crippen MR) is 84.8 cm³/mol. The van der Waals surface area contributed by atoms with Crippen LogP contribution in [0.25, 0.3) is 0 Å². The smallest absolute Gasteiger partial charge is 0.242 e. The van der Waals surface area contributed by atoms with Crippen LogP contribution in [0.4, 0.5) is 0 Å². The van der Waals surface area contributed by atoms with E-state index < -0.39 is 10.0 Å². The van der Waals surface area contributed by atoms with Crippen LogP contribution in [0.3, 0.4) is 0 Å². The molecule has 7 heteroatoms. The van der Waals surface area contributed by atoms with Gasteiger partial charge in [-0.25, -0.2) is 13.1 Å². The molecule has 3 N–H and O–H groups in total. The van der Waals surface area contributed by atoms with E-state index >= 15 is 0 Å². The van der Waals surface area contributed by atoms with E-state index in [-0.39, 0.29) is 16.0 Å². The van der Waals surface area contributed by atoms with Crippen molar-refractivity contribution in [3.63, 3.8) is 0 Å². The molecule has 1 saturated heterocycles. The Hall–Kier alpha value is -0.660. The third-order valence-corrected chi connectivity index (χ3v) is 5.86. The molecule has 1 atom stereocenters. The Labute approximate surface area is 131 Å². The maximum Gasteiger partial charge on any atom is 0.242 e. The molecular weight excluding hydrogens is 310 g/mol. The SMILES string of the molecule is CN1CCCCC1CNS(=O)(=O)c1ccc(CN)cc1Cl. The molecule has 0 aliphatic carbocycles. The standard InChI is InChI=1S/C14H22ClN3O2S/c1-18-7-3-2-4-12(18)10-17-21(19,20)14-6-5-11(9-16)8-13(14)15/h5-6,8,12,17H,2-4,7,9-10,16H2,1H3. The number of nitrogens with zero attached hydrogens (tertiary/aromatic N) is 1. The Morgan fingerprint density at radius 3 is 2.81 bits per heavy atom. The van der Waals surface area contributed by atoms with E-state index in [9.17, 15) is 8.42 Å². The van der Waals surface area contributed by atoms with Gasteiger partial charge in [-0.2, -0.15) is 0 Å². The van der Waals surface area contributed by atoms with Crippen molar-refractivity contribution >= 4 is 21.6 Å². The topological polar surface area (TPSA) is 75.4 Å². The first-order valence-electron chi connectivity index (χ1n) is 7.12. The molecule has 0 radical (unpaired) electrons. The minimum atomic E-state index is -3.59. The monoisotopic (exact) mass is 331 g/mol. The van der Waals surface area contributed by atoms with E-state index in [1.54, 1.807) is 12.1 Å². The molecule has 1 heterocycles. The number of nitrogens with one attached hydrogen (secondary N) is 1. The number of piperidine rings is 1. The fourth-order valence-corrected chi connectivity index (χ4v) is 4.21. The van der Waals surface area contributed by atoms with E-state index in [1.165, 1.54) is 12.5 Å². The number of likely N-dealkylation sites (tertiary alicyclic amines) is 1. The molecule has 1 fully saturated rings. The van der Waals surface area contributed by atoms with Gasteiger partial charge < -0.3 is 10.6 Å². The molecule has 5 nitrogen and oxygen atoms in total. The maximum absolute atomic E-state index is 12.4. The van der Waals surface area contributed by atoms with E-state index in [2.05, 4.69) is 9.62 Å². The van der Waals surface area contributed by atoms with Gasteiger partial charge in [-0.15, -0.1) is 0 Å². The Kier molecular flexibility index (Phi) is 5.62. The highest BCUT2D eigenvalue weighted by atomic mass is 35.5. The van der Waals surface area contributed by atoms with Crippen LogP contribution in [0.1, 0.15) is 24.8 Å². The number of rotatable bonds is 5. The van der Waals surface area contributed by atoms with E-state index in [0.29, 0.717) is 13.1 Å². The largest absolute Gasteiger partial charge is 0.326 e. The lowest BCUT2D eigenvalue weighted by atomic mass is 10.0. The normalized spacial score (nSPS) is 20.6. The summed E-state index contributed by atoms with van der Waals surface area (Å²) in [5.74, 6) is 0. The average Bonchev–Trinajstić information content (AvgIpc) is 2.46. The van der Waals surface area contributed by atoms with Crippen molar-refractivity contribution in [3.8, 4) is 0 Å². The van der Waals surface area contributed by atoms with Crippen LogP contribution in [0.5, 0.6) is 0 Å². The fraction of sp³-hybridized carbons (Fsp3) is 0.571. The molecule has 0 saturated carbocycles. The highest BCUT2D eigenvalue weighted by Crippen LogP contribution is 2.23. The second-order valence-electron chi connectivity index (χ2n) is 5.45. The average molecular weight is 332 g/mol. The summed E-state index contributed by atoms with van der Waals surface area (Å²) in [4.78, 5) is 2.31. The van der Waals surface area contributed by atoms with Crippen LogP contribution in [0.2, 0.25) is 5.02 Å². The summed E-state index contributed by atoms with van der Waals surface area (Å²) in [5, 5.41) is 0.211. The molecule has 1 unspecified atom stereocenters. The van der Waals surface area contributed by atoms with Crippen molar-refractivity contribution in [2.24, 2.45) is 5.73 Å². The van der Waals surface area contributed by atoms with Crippen molar-refractivity contribution < 1.29 is 8.42 Å². The summed E-state index contributed by atoms with van der Waals surface area (Å²) in [6.45, 7) is 1.76. The number of sulfonamides is 1. The van der Waals surface area contributed by atoms with Crippen LogP contribution >= 0.6 is 11.6 Å². The molecule has 21 heavy (non-hydrogen) atoms. The van der Waals surface area contributed by atoms with Crippen molar-refractivity contribution in [2.45, 2.75) is 36.7 Å². The summed E-state index contributed by atoms with van der Waals surface area (Å²) in [7, 11) is -1.56. The second-order valence-corrected chi connectivity index (χ2v) is 7.59. The van der Waals surface area contributed by atoms with E-state index in [0.717, 1.165) is 24.9 Å². The van der Waals surface area contributed by atoms with Crippen molar-refractivity contribution in [2.75, 3.05) is 20.1 Å². The van der Waals surface area contributed by atoms with Gasteiger partial charge in [0, 0.05) is 19.1 Å². The molecule has 1 aliphatic rings. The zero-order valence-corrected chi connectivity index (χ0v) is 13.8. The van der Waals surface area contributed by atoms with Crippen LogP contribution < -0.4 is 10.5 Å². The highest BCUT2D eigenvalue weighted by molar-refractivity contribution is 7.89. The van der Waals surface area contributed by atoms with Crippen LogP contribution in [0.15, 0.2) is 23.1 Å². The second kappa shape index (κ2) is 7.07. The summed E-state index contributed by atoms with van der Waals surface area (Å²) in [5.41, 5.74) is 6.33. The maximum atomic E-state index is 12.4. The van der Waals surface area contributed by atoms with Crippen molar-refractivity contribution in [3.05, 3.63) is 28.8 Å². The number of hydrogen-bond donors (Lipinski definition) is 2. The lowest BCUT2D eigenvalue weighted by Gasteiger charge is -2.32. The molecule has 2 rings (SSSR count). The van der Waals surface area contributed by atoms with E-state index in [4.69, 9.17) is 17.3 Å². The molecular formula is C14H22ClN3O2S. The minimum Gasteiger partial charge on any atom is -0.326 e. The highest BCUT2D eigenvalue weighted by Gasteiger charge is 2.23.